The van der Waals surface area contributed by atoms with Gasteiger partial charge in [-0.05, 0) is 57.9 Å². The third kappa shape index (κ3) is 6.91. The van der Waals surface area contributed by atoms with Crippen LogP contribution in [-0.4, -0.2) is 31.5 Å². The number of hydrogen-bond donors (Lipinski definition) is 4. The van der Waals surface area contributed by atoms with Crippen LogP contribution in [0.3, 0.4) is 0 Å². The molecule has 0 aliphatic carbocycles. The van der Waals surface area contributed by atoms with Crippen molar-refractivity contribution in [3.8, 4) is 10.4 Å². The molecule has 1 fully saturated rings. The average molecular weight is 528 g/mol. The minimum atomic E-state index is -3.88. The molecule has 0 spiro atoms. The van der Waals surface area contributed by atoms with E-state index < -0.39 is 21.6 Å². The quantitative estimate of drug-likeness (QED) is 0.345. The number of nitrogens with zero attached hydrogens (tertiary/aromatic N) is 1. The molecule has 0 bridgehead atoms. The number of piperidine rings is 1. The van der Waals surface area contributed by atoms with Gasteiger partial charge in [-0.25, -0.2) is 22.9 Å². The molecule has 10 heteroatoms. The Hall–Kier alpha value is -2.79. The molecular weight excluding hydrogens is 494 g/mol. The molecule has 1 aliphatic rings. The first kappa shape index (κ1) is 26.3. The zero-order chi connectivity index (χ0) is 25.8. The molecule has 0 radical (unpaired) electrons. The smallest absolute Gasteiger partial charge is 0.319 e. The number of benzene rings is 2. The molecule has 36 heavy (non-hydrogen) atoms. The van der Waals surface area contributed by atoms with Gasteiger partial charge in [-0.15, -0.1) is 11.3 Å². The molecule has 1 aliphatic heterocycles. The third-order valence-electron chi connectivity index (χ3n) is 5.66. The van der Waals surface area contributed by atoms with Crippen LogP contribution >= 0.6 is 11.3 Å². The molecule has 1 atom stereocenters. The fraction of sp³-hybridized carbons (Fsp3) is 0.385. The Balaban J connectivity index is 1.60. The summed E-state index contributed by atoms with van der Waals surface area (Å²) in [5.74, 6) is 0. The first-order valence-electron chi connectivity index (χ1n) is 12.1. The molecule has 1 aromatic heterocycles. The van der Waals surface area contributed by atoms with Crippen LogP contribution in [0.1, 0.15) is 56.6 Å². The van der Waals surface area contributed by atoms with Gasteiger partial charge in [0.25, 0.3) is 0 Å². The van der Waals surface area contributed by atoms with Crippen LogP contribution in [0, 0.1) is 0 Å². The Morgan fingerprint density at radius 3 is 2.61 bits per heavy atom. The number of urea groups is 1. The maximum absolute atomic E-state index is 13.4. The van der Waals surface area contributed by atoms with E-state index in [0.29, 0.717) is 17.8 Å². The number of amides is 2. The van der Waals surface area contributed by atoms with Crippen LogP contribution in [0.15, 0.2) is 59.6 Å². The topological polar surface area (TPSA) is 112 Å². The van der Waals surface area contributed by atoms with Gasteiger partial charge in [-0.3, -0.25) is 0 Å². The Bertz CT molecular complexity index is 1290. The number of anilines is 1. The second-order valence-electron chi connectivity index (χ2n) is 9.92. The van der Waals surface area contributed by atoms with Crippen LogP contribution in [0.2, 0.25) is 0 Å². The predicted molar refractivity (Wildman–Crippen MR) is 145 cm³/mol. The highest BCUT2D eigenvalue weighted by Crippen LogP contribution is 2.37. The summed E-state index contributed by atoms with van der Waals surface area (Å²) in [7, 11) is -3.88. The molecule has 3 aromatic rings. The van der Waals surface area contributed by atoms with E-state index in [1.165, 1.54) is 17.4 Å². The Kier molecular flexibility index (Phi) is 8.09. The number of nitrogens with one attached hydrogen (secondary N) is 4. The summed E-state index contributed by atoms with van der Waals surface area (Å²) >= 11 is 1.50. The monoisotopic (exact) mass is 527 g/mol. The van der Waals surface area contributed by atoms with Gasteiger partial charge >= 0.3 is 6.03 Å². The van der Waals surface area contributed by atoms with Crippen LogP contribution in [-0.2, 0) is 16.6 Å². The molecule has 4 N–H and O–H groups in total. The number of rotatable bonds is 7. The summed E-state index contributed by atoms with van der Waals surface area (Å²) in [4.78, 5) is 18.0. The second-order valence-corrected chi connectivity index (χ2v) is 12.6. The van der Waals surface area contributed by atoms with E-state index in [-0.39, 0.29) is 10.9 Å². The van der Waals surface area contributed by atoms with Crippen LogP contribution in [0.5, 0.6) is 0 Å². The first-order chi connectivity index (χ1) is 17.1. The van der Waals surface area contributed by atoms with Gasteiger partial charge in [0, 0.05) is 29.5 Å². The van der Waals surface area contributed by atoms with E-state index in [4.69, 9.17) is 0 Å². The summed E-state index contributed by atoms with van der Waals surface area (Å²) in [6.45, 7) is 6.70. The Morgan fingerprint density at radius 1 is 1.14 bits per heavy atom. The van der Waals surface area contributed by atoms with Crippen molar-refractivity contribution in [2.24, 2.45) is 0 Å². The van der Waals surface area contributed by atoms with Gasteiger partial charge < -0.3 is 16.0 Å². The Morgan fingerprint density at radius 2 is 1.92 bits per heavy atom. The molecule has 0 saturated carbocycles. The van der Waals surface area contributed by atoms with Gasteiger partial charge in [-0.2, -0.15) is 0 Å². The highest BCUT2D eigenvalue weighted by Gasteiger charge is 2.27. The number of thiazole rings is 1. The van der Waals surface area contributed by atoms with Gasteiger partial charge in [-0.1, -0.05) is 42.8 Å². The SMILES string of the molecule is CC(C)(C)NS(=O)(=O)c1cc(NC(=O)NCc2ccccc2)ccc1-c1cnc(C2CCCCN2)s1. The summed E-state index contributed by atoms with van der Waals surface area (Å²) in [6, 6.07) is 14.3. The van der Waals surface area contributed by atoms with Crippen molar-refractivity contribution < 1.29 is 13.2 Å². The fourth-order valence-electron chi connectivity index (χ4n) is 4.07. The van der Waals surface area contributed by atoms with Crippen molar-refractivity contribution in [1.82, 2.24) is 20.3 Å². The van der Waals surface area contributed by atoms with Gasteiger partial charge in [0.1, 0.15) is 5.01 Å². The number of carbonyl (C=O) groups is 1. The van der Waals surface area contributed by atoms with Crippen molar-refractivity contribution >= 4 is 33.1 Å². The number of aromatic nitrogens is 1. The zero-order valence-electron chi connectivity index (χ0n) is 20.8. The summed E-state index contributed by atoms with van der Waals surface area (Å²) in [5.41, 5.74) is 1.24. The highest BCUT2D eigenvalue weighted by molar-refractivity contribution is 7.89. The average Bonchev–Trinajstić information content (AvgIpc) is 3.33. The lowest BCUT2D eigenvalue weighted by atomic mass is 10.1. The fourth-order valence-corrected chi connectivity index (χ4v) is 6.87. The second kappa shape index (κ2) is 11.1. The van der Waals surface area contributed by atoms with Crippen molar-refractivity contribution in [1.29, 1.82) is 0 Å². The first-order valence-corrected chi connectivity index (χ1v) is 14.4. The minimum absolute atomic E-state index is 0.102. The largest absolute Gasteiger partial charge is 0.334 e. The lowest BCUT2D eigenvalue weighted by molar-refractivity contribution is 0.251. The third-order valence-corrected chi connectivity index (χ3v) is 8.61. The van der Waals surface area contributed by atoms with E-state index >= 15 is 0 Å². The van der Waals surface area contributed by atoms with Crippen LogP contribution in [0.4, 0.5) is 10.5 Å². The van der Waals surface area contributed by atoms with Crippen LogP contribution in [0.25, 0.3) is 10.4 Å². The zero-order valence-corrected chi connectivity index (χ0v) is 22.4. The van der Waals surface area contributed by atoms with E-state index in [2.05, 4.69) is 25.7 Å². The molecule has 1 unspecified atom stereocenters. The molecule has 2 aromatic carbocycles. The van der Waals surface area contributed by atoms with Crippen molar-refractivity contribution in [3.63, 3.8) is 0 Å². The van der Waals surface area contributed by atoms with Crippen molar-refractivity contribution in [3.05, 3.63) is 65.3 Å². The van der Waals surface area contributed by atoms with E-state index in [1.807, 2.05) is 30.3 Å². The molecule has 1 saturated heterocycles. The number of hydrogen-bond acceptors (Lipinski definition) is 6. The normalized spacial score (nSPS) is 16.5. The van der Waals surface area contributed by atoms with Gasteiger partial charge in [0.2, 0.25) is 10.0 Å². The molecular formula is C26H33N5O3S2. The standard InChI is InChI=1S/C26H33N5O3S2/c1-26(2,3)31-36(33,34)23-15-19(30-25(32)29-16-18-9-5-4-6-10-18)12-13-20(23)22-17-28-24(35-22)21-11-7-8-14-27-21/h4-6,9-10,12-13,15,17,21,27,31H,7-8,11,14,16H2,1-3H3,(H2,29,30,32). The summed E-state index contributed by atoms with van der Waals surface area (Å²) < 4.78 is 29.6. The van der Waals surface area contributed by atoms with Gasteiger partial charge in [0.15, 0.2) is 0 Å². The molecule has 192 valence electrons. The lowest BCUT2D eigenvalue weighted by Gasteiger charge is -2.22. The van der Waals surface area contributed by atoms with Crippen molar-refractivity contribution in [2.45, 2.75) is 63.1 Å². The number of carbonyl (C=O) groups excluding carboxylic acids is 1. The summed E-state index contributed by atoms with van der Waals surface area (Å²) in [6.07, 6.45) is 5.06. The highest BCUT2D eigenvalue weighted by atomic mass is 32.2. The minimum Gasteiger partial charge on any atom is -0.334 e. The molecule has 4 rings (SSSR count). The van der Waals surface area contributed by atoms with E-state index in [1.54, 1.807) is 39.1 Å². The maximum atomic E-state index is 13.4. The van der Waals surface area contributed by atoms with Crippen LogP contribution < -0.4 is 20.7 Å². The molecule has 2 amide bonds. The summed E-state index contributed by atoms with van der Waals surface area (Å²) in [5, 5.41) is 10.0. The maximum Gasteiger partial charge on any atom is 0.319 e. The lowest BCUT2D eigenvalue weighted by Crippen LogP contribution is -2.40. The van der Waals surface area contributed by atoms with E-state index in [0.717, 1.165) is 41.3 Å². The van der Waals surface area contributed by atoms with E-state index in [9.17, 15) is 13.2 Å². The van der Waals surface area contributed by atoms with Gasteiger partial charge in [0.05, 0.1) is 15.8 Å². The van der Waals surface area contributed by atoms with Crippen molar-refractivity contribution in [2.75, 3.05) is 11.9 Å². The molecule has 2 heterocycles. The predicted octanol–water partition coefficient (Wildman–Crippen LogP) is 5.02. The molecule has 8 nitrogen and oxygen atoms in total. The number of sulfonamides is 1. The Labute approximate surface area is 217 Å².